The Morgan fingerprint density at radius 2 is 0.788 bits per heavy atom. The largest absolute Gasteiger partial charge is 0.466 e. The van der Waals surface area contributed by atoms with Crippen LogP contribution < -0.4 is 0 Å². The van der Waals surface area contributed by atoms with Gasteiger partial charge in [-0.25, -0.2) is 0 Å². The molecule has 0 bridgehead atoms. The first-order chi connectivity index (χ1) is 16.2. The summed E-state index contributed by atoms with van der Waals surface area (Å²) in [6.07, 6.45) is 33.6. The van der Waals surface area contributed by atoms with E-state index >= 15 is 0 Å². The second kappa shape index (κ2) is 27.7. The Labute approximate surface area is 209 Å². The third-order valence-corrected chi connectivity index (χ3v) is 7.19. The molecule has 0 aliphatic carbocycles. The molecule has 0 radical (unpaired) electrons. The highest BCUT2D eigenvalue weighted by molar-refractivity contribution is 5.69. The van der Waals surface area contributed by atoms with Gasteiger partial charge in [0, 0.05) is 6.42 Å². The van der Waals surface area contributed by atoms with E-state index in [1.165, 1.54) is 154 Å². The molecule has 0 saturated heterocycles. The maximum Gasteiger partial charge on any atom is 0.306 e. The van der Waals surface area contributed by atoms with Gasteiger partial charge in [-0.1, -0.05) is 155 Å². The summed E-state index contributed by atoms with van der Waals surface area (Å²) in [5.41, 5.74) is 0. The molecule has 0 aliphatic rings. The van der Waals surface area contributed by atoms with Crippen LogP contribution in [-0.4, -0.2) is 12.6 Å². The predicted molar refractivity (Wildman–Crippen MR) is 147 cm³/mol. The second-order valence-corrected chi connectivity index (χ2v) is 10.5. The van der Waals surface area contributed by atoms with Crippen molar-refractivity contribution in [1.29, 1.82) is 0 Å². The van der Waals surface area contributed by atoms with Crippen LogP contribution in [0.1, 0.15) is 181 Å². The third kappa shape index (κ3) is 25.9. The molecule has 0 aromatic heterocycles. The van der Waals surface area contributed by atoms with Crippen LogP contribution in [0.25, 0.3) is 0 Å². The smallest absolute Gasteiger partial charge is 0.306 e. The Bertz CT molecular complexity index is 353. The first-order valence-electron chi connectivity index (χ1n) is 15.4. The van der Waals surface area contributed by atoms with Crippen molar-refractivity contribution in [2.45, 2.75) is 181 Å². The van der Waals surface area contributed by atoms with Crippen LogP contribution in [0.4, 0.5) is 0 Å². The normalized spacial score (nSPS) is 11.4. The second-order valence-electron chi connectivity index (χ2n) is 10.5. The van der Waals surface area contributed by atoms with E-state index in [1.54, 1.807) is 0 Å². The van der Waals surface area contributed by atoms with E-state index in [2.05, 4.69) is 13.8 Å². The van der Waals surface area contributed by atoms with Gasteiger partial charge in [0.05, 0.1) is 6.61 Å². The van der Waals surface area contributed by atoms with Crippen molar-refractivity contribution in [3.8, 4) is 0 Å². The standard InChI is InChI=1S/C31H62O2/c1-4-7-9-11-13-15-17-19-21-23-25-27-30(29-31(32)33-6-3)28-26-24-22-20-18-16-14-12-10-8-5-2/h30H,4-29H2,1-3H3. The highest BCUT2D eigenvalue weighted by atomic mass is 16.5. The molecule has 0 aromatic carbocycles. The summed E-state index contributed by atoms with van der Waals surface area (Å²) in [6.45, 7) is 7.01. The quantitative estimate of drug-likeness (QED) is 0.0888. The first-order valence-corrected chi connectivity index (χ1v) is 15.4. The van der Waals surface area contributed by atoms with E-state index in [-0.39, 0.29) is 5.97 Å². The van der Waals surface area contributed by atoms with Crippen molar-refractivity contribution in [3.63, 3.8) is 0 Å². The Hall–Kier alpha value is -0.530. The summed E-state index contributed by atoms with van der Waals surface area (Å²) >= 11 is 0. The van der Waals surface area contributed by atoms with Gasteiger partial charge in [-0.05, 0) is 25.7 Å². The summed E-state index contributed by atoms with van der Waals surface area (Å²) in [5.74, 6) is 0.565. The number of carbonyl (C=O) groups is 1. The molecule has 0 N–H and O–H groups in total. The molecule has 0 spiro atoms. The number of unbranched alkanes of at least 4 members (excludes halogenated alkanes) is 20. The number of rotatable bonds is 27. The Morgan fingerprint density at radius 3 is 1.09 bits per heavy atom. The van der Waals surface area contributed by atoms with Gasteiger partial charge in [0.1, 0.15) is 0 Å². The van der Waals surface area contributed by atoms with Gasteiger partial charge in [-0.2, -0.15) is 0 Å². The topological polar surface area (TPSA) is 26.3 Å². The van der Waals surface area contributed by atoms with Crippen molar-refractivity contribution >= 4 is 5.97 Å². The predicted octanol–water partition coefficient (Wildman–Crippen LogP) is 11.0. The zero-order chi connectivity index (χ0) is 24.2. The number of hydrogen-bond acceptors (Lipinski definition) is 2. The molecule has 2 heteroatoms. The summed E-state index contributed by atoms with van der Waals surface area (Å²) in [4.78, 5) is 12.0. The highest BCUT2D eigenvalue weighted by Crippen LogP contribution is 2.23. The average molecular weight is 467 g/mol. The van der Waals surface area contributed by atoms with Crippen molar-refractivity contribution in [2.75, 3.05) is 6.61 Å². The summed E-state index contributed by atoms with van der Waals surface area (Å²) < 4.78 is 5.25. The molecule has 0 saturated carbocycles. The maximum atomic E-state index is 12.0. The fourth-order valence-corrected chi connectivity index (χ4v) is 5.00. The number of ether oxygens (including phenoxy) is 1. The highest BCUT2D eigenvalue weighted by Gasteiger charge is 2.14. The first kappa shape index (κ1) is 32.5. The van der Waals surface area contributed by atoms with Gasteiger partial charge >= 0.3 is 5.97 Å². The van der Waals surface area contributed by atoms with Crippen LogP contribution in [0, 0.1) is 5.92 Å². The molecule has 33 heavy (non-hydrogen) atoms. The molecule has 0 amide bonds. The van der Waals surface area contributed by atoms with Gasteiger partial charge in [0.15, 0.2) is 0 Å². The summed E-state index contributed by atoms with van der Waals surface area (Å²) in [5, 5.41) is 0. The Balaban J connectivity index is 3.75. The number of hydrogen-bond donors (Lipinski definition) is 0. The molecule has 0 atom stereocenters. The van der Waals surface area contributed by atoms with Crippen LogP contribution >= 0.6 is 0 Å². The fraction of sp³-hybridized carbons (Fsp3) is 0.968. The van der Waals surface area contributed by atoms with E-state index < -0.39 is 0 Å². The lowest BCUT2D eigenvalue weighted by atomic mass is 9.91. The van der Waals surface area contributed by atoms with E-state index in [4.69, 9.17) is 4.74 Å². The summed E-state index contributed by atoms with van der Waals surface area (Å²) in [6, 6.07) is 0. The van der Waals surface area contributed by atoms with Crippen molar-refractivity contribution < 1.29 is 9.53 Å². The van der Waals surface area contributed by atoms with E-state index in [9.17, 15) is 4.79 Å². The van der Waals surface area contributed by atoms with E-state index in [0.717, 1.165) is 0 Å². The van der Waals surface area contributed by atoms with Gasteiger partial charge < -0.3 is 4.74 Å². The molecular weight excluding hydrogens is 404 g/mol. The van der Waals surface area contributed by atoms with Gasteiger partial charge in [-0.15, -0.1) is 0 Å². The summed E-state index contributed by atoms with van der Waals surface area (Å²) in [7, 11) is 0. The van der Waals surface area contributed by atoms with Crippen LogP contribution in [0.15, 0.2) is 0 Å². The lowest BCUT2D eigenvalue weighted by Gasteiger charge is -2.16. The molecule has 198 valence electrons. The molecular formula is C31H62O2. The Morgan fingerprint density at radius 1 is 0.485 bits per heavy atom. The molecule has 2 nitrogen and oxygen atoms in total. The minimum Gasteiger partial charge on any atom is -0.466 e. The molecule has 0 fully saturated rings. The molecule has 0 unspecified atom stereocenters. The van der Waals surface area contributed by atoms with Crippen LogP contribution in [0.2, 0.25) is 0 Å². The minimum absolute atomic E-state index is 0.0219. The fourth-order valence-electron chi connectivity index (χ4n) is 5.00. The zero-order valence-electron chi connectivity index (χ0n) is 23.3. The molecule has 0 rings (SSSR count). The van der Waals surface area contributed by atoms with Crippen LogP contribution in [0.3, 0.4) is 0 Å². The van der Waals surface area contributed by atoms with Crippen molar-refractivity contribution in [1.82, 2.24) is 0 Å². The number of carbonyl (C=O) groups excluding carboxylic acids is 1. The average Bonchev–Trinajstić information content (AvgIpc) is 2.80. The third-order valence-electron chi connectivity index (χ3n) is 7.19. The lowest BCUT2D eigenvalue weighted by molar-refractivity contribution is -0.144. The van der Waals surface area contributed by atoms with Crippen LogP contribution in [-0.2, 0) is 9.53 Å². The van der Waals surface area contributed by atoms with E-state index in [0.29, 0.717) is 18.9 Å². The van der Waals surface area contributed by atoms with Crippen molar-refractivity contribution in [3.05, 3.63) is 0 Å². The zero-order valence-corrected chi connectivity index (χ0v) is 23.3. The maximum absolute atomic E-state index is 12.0. The van der Waals surface area contributed by atoms with Gasteiger partial charge in [-0.3, -0.25) is 4.79 Å². The Kier molecular flexibility index (Phi) is 27.3. The molecule has 0 aliphatic heterocycles. The molecule has 0 aromatic rings. The van der Waals surface area contributed by atoms with Crippen molar-refractivity contribution in [2.24, 2.45) is 5.92 Å². The van der Waals surface area contributed by atoms with E-state index in [1.807, 2.05) is 6.92 Å². The SMILES string of the molecule is CCCCCCCCCCCCCC(CCCCCCCCCCCCC)CC(=O)OCC. The number of esters is 1. The van der Waals surface area contributed by atoms with Crippen LogP contribution in [0.5, 0.6) is 0 Å². The monoisotopic (exact) mass is 466 g/mol. The minimum atomic E-state index is 0.0219. The van der Waals surface area contributed by atoms with Gasteiger partial charge in [0.2, 0.25) is 0 Å². The van der Waals surface area contributed by atoms with Gasteiger partial charge in [0.25, 0.3) is 0 Å². The lowest BCUT2D eigenvalue weighted by Crippen LogP contribution is -2.12. The molecule has 0 heterocycles.